The highest BCUT2D eigenvalue weighted by molar-refractivity contribution is 7.92. The molecule has 3 heterocycles. The molecule has 0 amide bonds. The summed E-state index contributed by atoms with van der Waals surface area (Å²) in [6, 6.07) is 10.2. The van der Waals surface area contributed by atoms with E-state index in [9.17, 15) is 21.6 Å². The van der Waals surface area contributed by atoms with Crippen LogP contribution in [0.25, 0.3) is 11.3 Å². The number of hydrogen-bond acceptors (Lipinski definition) is 9. The van der Waals surface area contributed by atoms with Crippen LogP contribution in [0.3, 0.4) is 0 Å². The minimum absolute atomic E-state index is 0.0985. The second-order valence-electron chi connectivity index (χ2n) is 10.5. The highest BCUT2D eigenvalue weighted by Crippen LogP contribution is 2.39. The van der Waals surface area contributed by atoms with Crippen LogP contribution in [-0.2, 0) is 22.7 Å². The number of nitrogens with one attached hydrogen (secondary N) is 1. The average Bonchev–Trinajstić information content (AvgIpc) is 2.96. The standard InChI is InChI=1S/C29H31F3N8O2S/c1-20-4-6-24(15-27(20)37-28-35-9-8-26(36-28)22-16-33-19-34-17-22)40(43(3,41)42)23-7-5-21(25(14-23)29(30,31)32)18-39-12-10-38(2)11-13-39/h4-9,14-17,19H,10-13,18H2,1-3H3,(H,35,36,37). The summed E-state index contributed by atoms with van der Waals surface area (Å²) >= 11 is 0. The van der Waals surface area contributed by atoms with E-state index in [4.69, 9.17) is 0 Å². The average molecular weight is 613 g/mol. The van der Waals surface area contributed by atoms with Crippen molar-refractivity contribution in [2.24, 2.45) is 0 Å². The first-order chi connectivity index (χ1) is 20.4. The lowest BCUT2D eigenvalue weighted by molar-refractivity contribution is -0.138. The summed E-state index contributed by atoms with van der Waals surface area (Å²) in [6.07, 6.45) is 2.47. The normalized spacial score (nSPS) is 14.9. The van der Waals surface area contributed by atoms with Gasteiger partial charge < -0.3 is 10.2 Å². The van der Waals surface area contributed by atoms with Gasteiger partial charge in [-0.3, -0.25) is 4.90 Å². The molecule has 5 rings (SSSR count). The number of aromatic nitrogens is 4. The maximum absolute atomic E-state index is 14.3. The van der Waals surface area contributed by atoms with E-state index in [1.54, 1.807) is 49.8 Å². The molecule has 2 aromatic carbocycles. The lowest BCUT2D eigenvalue weighted by Crippen LogP contribution is -2.44. The number of sulfonamides is 1. The minimum Gasteiger partial charge on any atom is -0.324 e. The van der Waals surface area contributed by atoms with Gasteiger partial charge in [-0.25, -0.2) is 32.7 Å². The first kappa shape index (κ1) is 30.3. The van der Waals surface area contributed by atoms with Crippen LogP contribution in [0.2, 0.25) is 0 Å². The smallest absolute Gasteiger partial charge is 0.324 e. The van der Waals surface area contributed by atoms with E-state index in [0.717, 1.165) is 35.3 Å². The first-order valence-electron chi connectivity index (χ1n) is 13.5. The van der Waals surface area contributed by atoms with Crippen molar-refractivity contribution in [1.82, 2.24) is 29.7 Å². The molecule has 4 aromatic rings. The number of benzene rings is 2. The number of anilines is 4. The number of likely N-dealkylation sites (N-methyl/N-ethyl adjacent to an activating group) is 1. The van der Waals surface area contributed by atoms with Crippen molar-refractivity contribution >= 4 is 33.0 Å². The topological polar surface area (TPSA) is 107 Å². The second-order valence-corrected chi connectivity index (χ2v) is 12.3. The second kappa shape index (κ2) is 12.2. The summed E-state index contributed by atoms with van der Waals surface area (Å²) < 4.78 is 69.9. The predicted octanol–water partition coefficient (Wildman–Crippen LogP) is 4.85. The van der Waals surface area contributed by atoms with Crippen LogP contribution in [0.4, 0.5) is 36.2 Å². The highest BCUT2D eigenvalue weighted by atomic mass is 32.2. The van der Waals surface area contributed by atoms with Crippen LogP contribution in [0.1, 0.15) is 16.7 Å². The van der Waals surface area contributed by atoms with Crippen molar-refractivity contribution in [3.05, 3.63) is 84.1 Å². The molecule has 2 aromatic heterocycles. The number of rotatable bonds is 8. The molecule has 0 spiro atoms. The number of aryl methyl sites for hydroxylation is 1. The molecule has 0 radical (unpaired) electrons. The van der Waals surface area contributed by atoms with Gasteiger partial charge in [-0.2, -0.15) is 13.2 Å². The summed E-state index contributed by atoms with van der Waals surface area (Å²) in [6.45, 7) is 4.75. The Morgan fingerprint density at radius 2 is 1.65 bits per heavy atom. The third-order valence-corrected chi connectivity index (χ3v) is 8.25. The van der Waals surface area contributed by atoms with Crippen LogP contribution in [0.15, 0.2) is 67.4 Å². The Morgan fingerprint density at radius 1 is 0.977 bits per heavy atom. The van der Waals surface area contributed by atoms with Gasteiger partial charge >= 0.3 is 6.18 Å². The van der Waals surface area contributed by atoms with E-state index in [-0.39, 0.29) is 29.4 Å². The first-order valence-corrected chi connectivity index (χ1v) is 15.3. The third kappa shape index (κ3) is 7.27. The molecule has 0 unspecified atom stereocenters. The molecule has 0 bridgehead atoms. The van der Waals surface area contributed by atoms with E-state index in [1.165, 1.54) is 18.5 Å². The molecule has 10 nitrogen and oxygen atoms in total. The Labute approximate surface area is 248 Å². The predicted molar refractivity (Wildman–Crippen MR) is 159 cm³/mol. The Hall–Kier alpha value is -4.14. The van der Waals surface area contributed by atoms with E-state index >= 15 is 0 Å². The van der Waals surface area contributed by atoms with Crippen molar-refractivity contribution in [2.45, 2.75) is 19.6 Å². The molecule has 0 atom stereocenters. The summed E-state index contributed by atoms with van der Waals surface area (Å²) in [7, 11) is -2.07. The molecule has 1 fully saturated rings. The molecule has 1 saturated heterocycles. The molecule has 0 aliphatic carbocycles. The Morgan fingerprint density at radius 3 is 2.33 bits per heavy atom. The number of hydrogen-bond donors (Lipinski definition) is 1. The fourth-order valence-electron chi connectivity index (χ4n) is 4.87. The number of halogens is 3. The van der Waals surface area contributed by atoms with Crippen LogP contribution >= 0.6 is 0 Å². The summed E-state index contributed by atoms with van der Waals surface area (Å²) in [5, 5.41) is 3.10. The molecular formula is C29H31F3N8O2S. The van der Waals surface area contributed by atoms with Crippen molar-refractivity contribution in [3.8, 4) is 11.3 Å². The van der Waals surface area contributed by atoms with E-state index < -0.39 is 21.8 Å². The quantitative estimate of drug-likeness (QED) is 0.299. The van der Waals surface area contributed by atoms with Gasteiger partial charge in [0.15, 0.2) is 0 Å². The molecule has 1 aliphatic rings. The monoisotopic (exact) mass is 612 g/mol. The summed E-state index contributed by atoms with van der Waals surface area (Å²) in [5.74, 6) is 0.236. The number of piperazine rings is 1. The Bertz CT molecular complexity index is 1700. The van der Waals surface area contributed by atoms with Crippen molar-refractivity contribution < 1.29 is 21.6 Å². The molecule has 226 valence electrons. The lowest BCUT2D eigenvalue weighted by Gasteiger charge is -2.33. The summed E-state index contributed by atoms with van der Waals surface area (Å²) in [4.78, 5) is 20.9. The van der Waals surface area contributed by atoms with Gasteiger partial charge in [0, 0.05) is 62.6 Å². The van der Waals surface area contributed by atoms with Crippen LogP contribution in [0.5, 0.6) is 0 Å². The van der Waals surface area contributed by atoms with Crippen LogP contribution < -0.4 is 9.62 Å². The molecular weight excluding hydrogens is 581 g/mol. The van der Waals surface area contributed by atoms with E-state index in [2.05, 4.69) is 30.2 Å². The number of nitrogens with zero attached hydrogens (tertiary/aromatic N) is 7. The molecule has 43 heavy (non-hydrogen) atoms. The fourth-order valence-corrected chi connectivity index (χ4v) is 5.87. The van der Waals surface area contributed by atoms with Gasteiger partial charge in [0.1, 0.15) is 6.33 Å². The van der Waals surface area contributed by atoms with Gasteiger partial charge in [-0.05, 0) is 55.4 Å². The van der Waals surface area contributed by atoms with Crippen molar-refractivity contribution in [1.29, 1.82) is 0 Å². The lowest BCUT2D eigenvalue weighted by atomic mass is 10.0. The van der Waals surface area contributed by atoms with Crippen LogP contribution in [0, 0.1) is 6.92 Å². The molecule has 14 heteroatoms. The van der Waals surface area contributed by atoms with Gasteiger partial charge in [-0.1, -0.05) is 12.1 Å². The van der Waals surface area contributed by atoms with Gasteiger partial charge in [0.2, 0.25) is 16.0 Å². The minimum atomic E-state index is -4.67. The largest absolute Gasteiger partial charge is 0.416 e. The highest BCUT2D eigenvalue weighted by Gasteiger charge is 2.35. The van der Waals surface area contributed by atoms with Gasteiger partial charge in [0.25, 0.3) is 0 Å². The van der Waals surface area contributed by atoms with Gasteiger partial charge in [0.05, 0.1) is 28.9 Å². The molecule has 0 saturated carbocycles. The molecule has 1 aliphatic heterocycles. The molecule has 1 N–H and O–H groups in total. The maximum Gasteiger partial charge on any atom is 0.416 e. The van der Waals surface area contributed by atoms with Crippen LogP contribution in [-0.4, -0.2) is 77.6 Å². The summed E-state index contributed by atoms with van der Waals surface area (Å²) in [5.41, 5.74) is 1.75. The fraction of sp³-hybridized carbons (Fsp3) is 0.310. The zero-order valence-corrected chi connectivity index (χ0v) is 24.7. The zero-order valence-electron chi connectivity index (χ0n) is 23.9. The zero-order chi connectivity index (χ0) is 30.8. The third-order valence-electron chi connectivity index (χ3n) is 7.17. The van der Waals surface area contributed by atoms with E-state index in [1.807, 2.05) is 11.9 Å². The Kier molecular flexibility index (Phi) is 8.62. The van der Waals surface area contributed by atoms with E-state index in [0.29, 0.717) is 30.0 Å². The Balaban J connectivity index is 1.49. The maximum atomic E-state index is 14.3. The number of alkyl halides is 3. The van der Waals surface area contributed by atoms with Gasteiger partial charge in [-0.15, -0.1) is 0 Å². The SMILES string of the molecule is Cc1ccc(N(c2ccc(CN3CCN(C)CC3)c(C(F)(F)F)c2)S(C)(=O)=O)cc1Nc1nccc(-c2cncnc2)n1. The van der Waals surface area contributed by atoms with Crippen molar-refractivity contribution in [3.63, 3.8) is 0 Å². The van der Waals surface area contributed by atoms with Crippen molar-refractivity contribution in [2.75, 3.05) is 49.1 Å².